The fourth-order valence-electron chi connectivity index (χ4n) is 3.61. The third-order valence-corrected chi connectivity index (χ3v) is 4.67. The van der Waals surface area contributed by atoms with E-state index in [4.69, 9.17) is 0 Å². The summed E-state index contributed by atoms with van der Waals surface area (Å²) in [6.07, 6.45) is 4.72. The van der Waals surface area contributed by atoms with Gasteiger partial charge in [0.1, 0.15) is 23.7 Å². The molecule has 5 heteroatoms. The van der Waals surface area contributed by atoms with E-state index >= 15 is 0 Å². The molecule has 1 aliphatic carbocycles. The number of benzene rings is 1. The van der Waals surface area contributed by atoms with Crippen LogP contribution in [0, 0.1) is 0 Å². The topological polar surface area (TPSA) is 82.8 Å². The van der Waals surface area contributed by atoms with Crippen LogP contribution in [-0.4, -0.2) is 33.1 Å². The first-order chi connectivity index (χ1) is 11.2. The summed E-state index contributed by atoms with van der Waals surface area (Å²) in [5, 5.41) is 9.50. The lowest BCUT2D eigenvalue weighted by Gasteiger charge is -2.16. The number of carbonyl (C=O) groups is 1. The van der Waals surface area contributed by atoms with Gasteiger partial charge in [0.2, 0.25) is 11.5 Å². The Morgan fingerprint density at radius 3 is 2.57 bits per heavy atom. The third kappa shape index (κ3) is 1.56. The van der Waals surface area contributed by atoms with E-state index in [0.29, 0.717) is 11.4 Å². The van der Waals surface area contributed by atoms with Gasteiger partial charge in [-0.15, -0.1) is 0 Å². The number of hydrogen-bond acceptors (Lipinski definition) is 2. The van der Waals surface area contributed by atoms with Crippen LogP contribution in [0.25, 0.3) is 11.1 Å². The molecule has 5 nitrogen and oxygen atoms in total. The van der Waals surface area contributed by atoms with Crippen LogP contribution in [0.2, 0.25) is 0 Å². The van der Waals surface area contributed by atoms with Crippen molar-refractivity contribution in [2.24, 2.45) is 0 Å². The van der Waals surface area contributed by atoms with Gasteiger partial charge >= 0.3 is 0 Å². The first kappa shape index (κ1) is 12.5. The average Bonchev–Trinajstić information content (AvgIpc) is 3.19. The number of aromatic hydroxyl groups is 1. The molecule has 1 aliphatic heterocycles. The van der Waals surface area contributed by atoms with Crippen LogP contribution in [0.15, 0.2) is 36.7 Å². The van der Waals surface area contributed by atoms with Gasteiger partial charge in [0.25, 0.3) is 0 Å². The summed E-state index contributed by atoms with van der Waals surface area (Å²) >= 11 is 0. The molecule has 0 bridgehead atoms. The van der Waals surface area contributed by atoms with Crippen LogP contribution in [0.5, 0.6) is 5.75 Å². The first-order valence-electron chi connectivity index (χ1n) is 7.61. The van der Waals surface area contributed by atoms with Crippen LogP contribution in [-0.2, 0) is 6.42 Å². The number of nitrogens with one attached hydrogen (secondary N) is 3. The van der Waals surface area contributed by atoms with Crippen LogP contribution in [0.4, 0.5) is 0 Å². The van der Waals surface area contributed by atoms with Gasteiger partial charge in [-0.05, 0) is 23.3 Å². The van der Waals surface area contributed by atoms with Gasteiger partial charge in [0.15, 0.2) is 0 Å². The van der Waals surface area contributed by atoms with E-state index in [-0.39, 0.29) is 11.5 Å². The number of H-pyrrole nitrogens is 2. The summed E-state index contributed by atoms with van der Waals surface area (Å²) in [6, 6.07) is 7.04. The van der Waals surface area contributed by atoms with Crippen LogP contribution in [0.3, 0.4) is 0 Å². The summed E-state index contributed by atoms with van der Waals surface area (Å²) in [6.45, 7) is 0.855. The Morgan fingerprint density at radius 2 is 1.74 bits per heavy atom. The zero-order valence-electron chi connectivity index (χ0n) is 12.2. The van der Waals surface area contributed by atoms with Crippen molar-refractivity contribution in [1.82, 2.24) is 9.97 Å². The molecule has 0 unspecified atom stereocenters. The number of aromatic amines is 2. The molecule has 3 heterocycles. The smallest absolute Gasteiger partial charge is 0.227 e. The van der Waals surface area contributed by atoms with Crippen molar-refractivity contribution >= 4 is 11.5 Å². The third-order valence-electron chi connectivity index (χ3n) is 4.67. The molecule has 0 saturated heterocycles. The van der Waals surface area contributed by atoms with Crippen LogP contribution >= 0.6 is 0 Å². The highest BCUT2D eigenvalue weighted by Crippen LogP contribution is 2.35. The van der Waals surface area contributed by atoms with E-state index < -0.39 is 0 Å². The van der Waals surface area contributed by atoms with Gasteiger partial charge in [0, 0.05) is 24.4 Å². The number of ketones is 1. The Balaban J connectivity index is 1.79. The van der Waals surface area contributed by atoms with E-state index in [1.54, 1.807) is 12.1 Å². The van der Waals surface area contributed by atoms with Crippen molar-refractivity contribution in [3.63, 3.8) is 0 Å². The number of carbonyl (C=O) groups excluding carboxylic acids is 1. The predicted octanol–water partition coefficient (Wildman–Crippen LogP) is 0.734. The summed E-state index contributed by atoms with van der Waals surface area (Å²) in [5.74, 6) is 0.228. The van der Waals surface area contributed by atoms with Crippen molar-refractivity contribution in [3.05, 3.63) is 64.7 Å². The molecule has 5 rings (SSSR count). The monoisotopic (exact) mass is 304 g/mol. The molecule has 0 amide bonds. The van der Waals surface area contributed by atoms with Crippen molar-refractivity contribution in [3.8, 4) is 16.9 Å². The molecule has 0 fully saturated rings. The molecule has 0 atom stereocenters. The second-order valence-electron chi connectivity index (χ2n) is 5.94. The quantitative estimate of drug-likeness (QED) is 0.418. The molecule has 0 spiro atoms. The van der Waals surface area contributed by atoms with Gasteiger partial charge in [-0.2, -0.15) is 0 Å². The molecule has 112 valence electrons. The van der Waals surface area contributed by atoms with E-state index in [1.165, 1.54) is 5.56 Å². The molecule has 2 aliphatic rings. The van der Waals surface area contributed by atoms with E-state index in [2.05, 4.69) is 15.0 Å². The largest absolute Gasteiger partial charge is 0.508 e. The second kappa shape index (κ2) is 4.23. The molecule has 2 aromatic heterocycles. The van der Waals surface area contributed by atoms with Crippen LogP contribution in [0.1, 0.15) is 32.9 Å². The van der Waals surface area contributed by atoms with Gasteiger partial charge in [0.05, 0.1) is 11.1 Å². The zero-order chi connectivity index (χ0) is 15.6. The predicted molar refractivity (Wildman–Crippen MR) is 84.9 cm³/mol. The highest BCUT2D eigenvalue weighted by Gasteiger charge is 2.39. The molecule has 23 heavy (non-hydrogen) atoms. The van der Waals surface area contributed by atoms with Gasteiger partial charge in [-0.25, -0.2) is 4.99 Å². The molecular formula is C18H14N3O2+. The number of phenols is 1. The number of hydrogen-bond donors (Lipinski definition) is 4. The Hall–Kier alpha value is -3.08. The molecule has 3 aromatic rings. The fourth-order valence-corrected chi connectivity index (χ4v) is 3.61. The maximum Gasteiger partial charge on any atom is 0.227 e. The van der Waals surface area contributed by atoms with E-state index in [1.807, 2.05) is 24.5 Å². The highest BCUT2D eigenvalue weighted by atomic mass is 16.3. The van der Waals surface area contributed by atoms with Crippen molar-refractivity contribution in [2.45, 2.75) is 6.42 Å². The fraction of sp³-hybridized carbons (Fsp3) is 0.111. The number of fused-ring (bicyclic) bond motifs is 2. The Kier molecular flexibility index (Phi) is 2.29. The molecule has 0 radical (unpaired) electrons. The van der Waals surface area contributed by atoms with E-state index in [9.17, 15) is 9.90 Å². The number of phenolic OH excluding ortho intramolecular Hbond substituents is 1. The first-order valence-corrected chi connectivity index (χ1v) is 7.61. The lowest BCUT2D eigenvalue weighted by atomic mass is 9.85. The van der Waals surface area contributed by atoms with Crippen LogP contribution < -0.4 is 4.99 Å². The number of aromatic nitrogens is 2. The van der Waals surface area contributed by atoms with Gasteiger partial charge < -0.3 is 15.1 Å². The summed E-state index contributed by atoms with van der Waals surface area (Å²) in [4.78, 5) is 22.5. The van der Waals surface area contributed by atoms with E-state index in [0.717, 1.165) is 40.9 Å². The zero-order valence-corrected chi connectivity index (χ0v) is 12.2. The van der Waals surface area contributed by atoms with Gasteiger partial charge in [-0.3, -0.25) is 4.79 Å². The lowest BCUT2D eigenvalue weighted by molar-refractivity contribution is -0.457. The molecular weight excluding hydrogens is 290 g/mol. The van der Waals surface area contributed by atoms with Gasteiger partial charge in [-0.1, -0.05) is 12.1 Å². The normalized spacial score (nSPS) is 15.1. The van der Waals surface area contributed by atoms with Crippen molar-refractivity contribution < 1.29 is 14.9 Å². The summed E-state index contributed by atoms with van der Waals surface area (Å²) in [5.41, 5.74) is 7.34. The maximum absolute atomic E-state index is 12.8. The standard InChI is InChI=1S/C18H13N3O2/c22-11-3-1-9(2-4-11)12-8-21-17-14(12)15-13-10(5-6-19-15)7-20-16(13)18(17)23/h1-4,7-8,20-22H,5-6H2/p+1. The summed E-state index contributed by atoms with van der Waals surface area (Å²) < 4.78 is 0. The van der Waals surface area contributed by atoms with Crippen molar-refractivity contribution in [1.29, 1.82) is 0 Å². The minimum Gasteiger partial charge on any atom is -0.508 e. The SMILES string of the molecule is O=C1c2[nH]cc3c2C(=[NH+]CC3)c2c(-c3ccc(O)cc3)c[nH]c21. The average molecular weight is 304 g/mol. The summed E-state index contributed by atoms with van der Waals surface area (Å²) in [7, 11) is 0. The Labute approximate surface area is 131 Å². The minimum atomic E-state index is -0.00118. The number of rotatable bonds is 1. The van der Waals surface area contributed by atoms with Crippen molar-refractivity contribution in [2.75, 3.05) is 6.54 Å². The maximum atomic E-state index is 12.8. The molecule has 0 saturated carbocycles. The molecule has 4 N–H and O–H groups in total. The Morgan fingerprint density at radius 1 is 1.00 bits per heavy atom. The Bertz CT molecular complexity index is 990. The minimum absolute atomic E-state index is 0.00118. The molecule has 1 aromatic carbocycles. The lowest BCUT2D eigenvalue weighted by Crippen LogP contribution is -2.76. The highest BCUT2D eigenvalue weighted by molar-refractivity contribution is 6.30. The second-order valence-corrected chi connectivity index (χ2v) is 5.94.